The van der Waals surface area contributed by atoms with Crippen LogP contribution < -0.4 is 91.0 Å². The van der Waals surface area contributed by atoms with E-state index in [1.165, 1.54) is 57.5 Å². The van der Waals surface area contributed by atoms with Crippen LogP contribution in [-0.2, 0) is 106 Å². The number of aromatic nitrogens is 3. The summed E-state index contributed by atoms with van der Waals surface area (Å²) in [6, 6.07) is -0.0975. The van der Waals surface area contributed by atoms with Gasteiger partial charge in [-0.15, -0.1) is 0 Å². The van der Waals surface area contributed by atoms with Gasteiger partial charge in [0.1, 0.15) is 66.2 Å². The first-order chi connectivity index (χ1) is 63.2. The van der Waals surface area contributed by atoms with Gasteiger partial charge in [0.05, 0.1) is 56.7 Å². The van der Waals surface area contributed by atoms with Crippen molar-refractivity contribution in [2.75, 3.05) is 58.2 Å². The highest BCUT2D eigenvalue weighted by atomic mass is 32.2. The minimum absolute atomic E-state index is 0.0168. The predicted molar refractivity (Wildman–Crippen MR) is 488 cm³/mol. The first-order valence-electron chi connectivity index (χ1n) is 45.6. The van der Waals surface area contributed by atoms with Crippen LogP contribution in [0.1, 0.15) is 217 Å². The van der Waals surface area contributed by atoms with Gasteiger partial charge in [0.2, 0.25) is 98.6 Å². The average molecular weight is 1870 g/mol. The number of hydrogen-bond acceptors (Lipinski definition) is 24. The Labute approximate surface area is 769 Å². The first kappa shape index (κ1) is 110. The van der Waals surface area contributed by atoms with E-state index >= 15 is 0 Å². The maximum Gasteiger partial charge on any atom is 0.245 e. The summed E-state index contributed by atoms with van der Waals surface area (Å²) in [5.41, 5.74) is 18.8. The fourth-order valence-electron chi connectivity index (χ4n) is 14.7. The molecule has 5 rings (SSSR count). The molecule has 1 saturated heterocycles. The zero-order valence-corrected chi connectivity index (χ0v) is 76.6. The number of rotatable bonds is 68. The van der Waals surface area contributed by atoms with Crippen molar-refractivity contribution in [1.29, 1.82) is 5.41 Å². The molecule has 26 N–H and O–H groups in total. The van der Waals surface area contributed by atoms with Gasteiger partial charge >= 0.3 is 0 Å². The number of fused-ring (bicyclic) bond motifs is 1. The summed E-state index contributed by atoms with van der Waals surface area (Å²) in [5.74, 6) is -15.3. The number of nitrogens with two attached hydrogens (primary N) is 3. The molecule has 0 saturated carbocycles. The molecule has 15 amide bonds. The number of likely N-dealkylation sites (tertiary alicyclic amines) is 1. The van der Waals surface area contributed by atoms with Gasteiger partial charge in [0.25, 0.3) is 0 Å². The quantitative estimate of drug-likeness (QED) is 0.0131. The molecule has 132 heavy (non-hydrogen) atoms. The van der Waals surface area contributed by atoms with Crippen molar-refractivity contribution in [2.45, 2.75) is 286 Å². The molecule has 44 heteroatoms. The van der Waals surface area contributed by atoms with Crippen LogP contribution in [0.4, 0.5) is 0 Å². The van der Waals surface area contributed by atoms with Gasteiger partial charge in [0, 0.05) is 87.8 Å². The number of primary amides is 2. The van der Waals surface area contributed by atoms with Crippen molar-refractivity contribution in [3.05, 3.63) is 90.1 Å². The van der Waals surface area contributed by atoms with Gasteiger partial charge in [-0.25, -0.2) is 13.4 Å². The highest BCUT2D eigenvalue weighted by Crippen LogP contribution is 2.23. The number of aliphatic hydroxyl groups excluding tert-OH is 3. The lowest BCUT2D eigenvalue weighted by Gasteiger charge is -2.28. The summed E-state index contributed by atoms with van der Waals surface area (Å²) >= 11 is 0. The second kappa shape index (κ2) is 60.8. The van der Waals surface area contributed by atoms with E-state index in [2.05, 4.69) is 91.0 Å². The van der Waals surface area contributed by atoms with Gasteiger partial charge in [-0.2, -0.15) is 0 Å². The molecular formula is C88H138N22O21S. The number of H-pyrrole nitrogens is 2. The van der Waals surface area contributed by atoms with Gasteiger partial charge in [-0.05, 0) is 81.5 Å². The van der Waals surface area contributed by atoms with Crippen molar-refractivity contribution in [2.24, 2.45) is 17.2 Å². The molecule has 1 aliphatic heterocycles. The molecule has 43 nitrogen and oxygen atoms in total. The summed E-state index contributed by atoms with van der Waals surface area (Å²) < 4.78 is 27.3. The Morgan fingerprint density at radius 3 is 1.61 bits per heavy atom. The highest BCUT2D eigenvalue weighted by Gasteiger charge is 2.42. The highest BCUT2D eigenvalue weighted by molar-refractivity contribution is 7.90. The SMILES string of the molecule is CCCCCCCCCCCCCCCC(=O)NS(=O)(=O)CCCC(=O)NCC(=O)N[C@@H](CO)C(=O)N[C@H](CCC(N)=O)C(=O)N[C@@H](Cc1c[nH]cn1)C(=O)N[C@@H](CO)C(=O)N[C@@H](CCCC)C(=O)NCC(=O)N1C[C@H](O)C[C@H]1C(=O)N[C@H](Cc1ccccc1)C(=O)N[C@@H](CCCNC(=N)N)C(=O)N[C@@H](Cc1c[nH]c2ccccc12)C(=O)N[C@@H](CCCCNCC(=O)CC)C(N)=O. The number of ketones is 1. The molecule has 11 atom stereocenters. The molecule has 0 aliphatic carbocycles. The van der Waals surface area contributed by atoms with Crippen molar-refractivity contribution >= 4 is 121 Å². The second-order valence-corrected chi connectivity index (χ2v) is 34.8. The number of nitrogens with one attached hydrogen (secondary N) is 17. The third-order valence-corrected chi connectivity index (χ3v) is 23.5. The van der Waals surface area contributed by atoms with Crippen LogP contribution in [0.5, 0.6) is 0 Å². The summed E-state index contributed by atoms with van der Waals surface area (Å²) in [6.07, 6.45) is 16.4. The van der Waals surface area contributed by atoms with Crippen molar-refractivity contribution in [3.8, 4) is 0 Å². The Morgan fingerprint density at radius 2 is 1.02 bits per heavy atom. The van der Waals surface area contributed by atoms with Crippen LogP contribution in [0.3, 0.4) is 0 Å². The van der Waals surface area contributed by atoms with Crippen molar-refractivity contribution < 1.29 is 100 Å². The number of Topliss-reactive ketones (excluding diaryl/α,β-unsaturated/α-hetero) is 1. The summed E-state index contributed by atoms with van der Waals surface area (Å²) in [5, 5.41) is 73.4. The smallest absolute Gasteiger partial charge is 0.245 e. The Balaban J connectivity index is 1.21. The van der Waals surface area contributed by atoms with Gasteiger partial charge in [-0.3, -0.25) is 86.8 Å². The number of hydrogen-bond donors (Lipinski definition) is 23. The Kier molecular flexibility index (Phi) is 50.9. The Morgan fingerprint density at radius 1 is 0.492 bits per heavy atom. The number of nitrogens with zero attached hydrogens (tertiary/aromatic N) is 2. The molecule has 2 aromatic carbocycles. The zero-order chi connectivity index (χ0) is 96.9. The molecule has 4 aromatic rings. The summed E-state index contributed by atoms with van der Waals surface area (Å²) in [7, 11) is -4.10. The maximum absolute atomic E-state index is 14.9. The third-order valence-electron chi connectivity index (χ3n) is 22.1. The van der Waals surface area contributed by atoms with Crippen LogP contribution in [0.25, 0.3) is 10.9 Å². The van der Waals surface area contributed by atoms with Crippen LogP contribution in [0.2, 0.25) is 0 Å². The molecular weight excluding hydrogens is 1730 g/mol. The number of carbonyl (C=O) groups excluding carboxylic acids is 16. The molecule has 0 bridgehead atoms. The fraction of sp³-hybridized carbons (Fsp3) is 0.614. The van der Waals surface area contributed by atoms with Gasteiger partial charge < -0.3 is 117 Å². The topological polar surface area (TPSA) is 686 Å². The largest absolute Gasteiger partial charge is 0.394 e. The van der Waals surface area contributed by atoms with Crippen molar-refractivity contribution in [3.63, 3.8) is 0 Å². The van der Waals surface area contributed by atoms with Gasteiger partial charge in [-0.1, -0.05) is 159 Å². The van der Waals surface area contributed by atoms with E-state index in [0.717, 1.165) is 37.0 Å². The number of benzene rings is 2. The van der Waals surface area contributed by atoms with E-state index in [4.69, 9.17) is 22.6 Å². The number of guanidine groups is 1. The summed E-state index contributed by atoms with van der Waals surface area (Å²) in [4.78, 5) is 230. The number of β-amino-alcohol motifs (C(OH)–C–C–N with tert-alkyl or cyclic N) is 1. The molecule has 1 fully saturated rings. The zero-order valence-electron chi connectivity index (χ0n) is 75.8. The number of sulfonamides is 1. The maximum atomic E-state index is 14.9. The molecule has 3 heterocycles. The molecule has 0 radical (unpaired) electrons. The second-order valence-electron chi connectivity index (χ2n) is 33.0. The van der Waals surface area contributed by atoms with Crippen LogP contribution in [0.15, 0.2) is 73.3 Å². The summed E-state index contributed by atoms with van der Waals surface area (Å²) in [6.45, 7) is 2.12. The lowest BCUT2D eigenvalue weighted by molar-refractivity contribution is -0.140. The minimum atomic E-state index is -4.10. The van der Waals surface area contributed by atoms with Gasteiger partial charge in [0.15, 0.2) is 5.96 Å². The lowest BCUT2D eigenvalue weighted by atomic mass is 10.0. The van der Waals surface area contributed by atoms with E-state index in [0.29, 0.717) is 60.7 Å². The monoisotopic (exact) mass is 1870 g/mol. The predicted octanol–water partition coefficient (Wildman–Crippen LogP) is -1.89. The standard InChI is InChI=1S/C88H138N22O21S/c1-4-7-9-10-11-12-13-14-15-16-17-18-22-36-75(117)109-132(130,131)42-28-37-74(116)97-50-76(118)100-70(53-111)85(127)104-66(38-39-73(89)115)81(123)106-69(45-58-48-94-55-99-58)84(126)108-71(54-112)86(128)102-64(32-8-5-2)79(121)98-51-77(119)110-52-60(114)46-72(110)87(129)107-67(43-56-29-20-19-21-30-56)82(124)103-65(35-27-41-95-88(91)92)80(122)105-68(44-57-47-96-62-33-24-23-31-61(57)62)83(125)101-63(78(90)120)34-25-26-40-93-49-59(113)6-3/h19-21,23-24,29-31,33,47-48,55,60,63-72,93,96,111-112,114H,4-18,22,25-28,32,34-46,49-54H2,1-3H3,(H2,89,115)(H2,90,120)(H,94,99)(H,97,116)(H,98,121)(H,100,118)(H,101,125)(H,102,128)(H,103,124)(H,104,127)(H,105,122)(H,106,123)(H,107,129)(H,108,126)(H,109,117)(H4,91,92,95)/t60-,63+,64+,65+,66-,67-,68+,69+,70+,71+,72+/m1/s1. The van der Waals surface area contributed by atoms with E-state index in [-0.39, 0.29) is 101 Å². The molecule has 0 unspecified atom stereocenters. The molecule has 0 spiro atoms. The van der Waals surface area contributed by atoms with E-state index in [1.807, 2.05) is 10.8 Å². The van der Waals surface area contributed by atoms with E-state index < -0.39 is 223 Å². The van der Waals surface area contributed by atoms with Crippen LogP contribution in [-0.4, -0.2) is 269 Å². The number of para-hydroxylation sites is 1. The molecule has 2 aromatic heterocycles. The number of amides is 15. The number of aliphatic hydroxyl groups is 3. The molecule has 732 valence electrons. The number of imidazole rings is 1. The fourth-order valence-corrected chi connectivity index (χ4v) is 15.8. The van der Waals surface area contributed by atoms with Crippen LogP contribution in [0, 0.1) is 5.41 Å². The normalized spacial score (nSPS) is 15.0. The minimum Gasteiger partial charge on any atom is -0.394 e. The third kappa shape index (κ3) is 42.5. The van der Waals surface area contributed by atoms with Crippen molar-refractivity contribution in [1.82, 2.24) is 93.7 Å². The lowest BCUT2D eigenvalue weighted by Crippen LogP contribution is -2.60. The van der Waals surface area contributed by atoms with E-state index in [9.17, 15) is 100 Å². The Hall–Kier alpha value is -12.0. The molecule has 1 aliphatic rings. The Bertz CT molecular complexity index is 4500. The van der Waals surface area contributed by atoms with E-state index in [1.54, 1.807) is 68.6 Å². The number of carbonyl (C=O) groups is 16. The number of unbranched alkanes of at least 4 members (excludes halogenated alkanes) is 14. The van der Waals surface area contributed by atoms with Crippen LogP contribution >= 0.6 is 0 Å². The first-order valence-corrected chi connectivity index (χ1v) is 47.3. The average Bonchev–Trinajstić information content (AvgIpc) is 1.67. The number of aromatic amines is 2.